The topological polar surface area (TPSA) is 29.5 Å². The van der Waals surface area contributed by atoms with Crippen molar-refractivity contribution in [3.63, 3.8) is 0 Å². The third-order valence-corrected chi connectivity index (χ3v) is 4.26. The standard InChI is InChI=1S/C19H22O2/c1-2-15-5-3-4-6-17(15)18(20)9-7-14-8-10-19-16(13-14)11-12-21-19/h3-6,8,10,13,18,20H,2,7,9,11-12H2,1H3. The number of rotatable bonds is 5. The van der Waals surface area contributed by atoms with Gasteiger partial charge in [0.05, 0.1) is 12.7 Å². The molecule has 110 valence electrons. The van der Waals surface area contributed by atoms with E-state index in [1.165, 1.54) is 16.7 Å². The maximum absolute atomic E-state index is 10.5. The number of aliphatic hydroxyl groups is 1. The molecule has 2 aromatic carbocycles. The first-order valence-corrected chi connectivity index (χ1v) is 7.78. The number of hydrogen-bond donors (Lipinski definition) is 1. The summed E-state index contributed by atoms with van der Waals surface area (Å²) < 4.78 is 5.53. The molecule has 3 rings (SSSR count). The fourth-order valence-corrected chi connectivity index (χ4v) is 3.04. The minimum atomic E-state index is -0.384. The lowest BCUT2D eigenvalue weighted by molar-refractivity contribution is 0.167. The number of hydrogen-bond acceptors (Lipinski definition) is 2. The summed E-state index contributed by atoms with van der Waals surface area (Å²) in [5.74, 6) is 1.02. The van der Waals surface area contributed by atoms with Gasteiger partial charge in [-0.1, -0.05) is 43.3 Å². The molecule has 0 saturated carbocycles. The van der Waals surface area contributed by atoms with Crippen LogP contribution in [-0.2, 0) is 19.3 Å². The lowest BCUT2D eigenvalue weighted by Crippen LogP contribution is -2.03. The van der Waals surface area contributed by atoms with Crippen LogP contribution in [0.5, 0.6) is 5.75 Å². The van der Waals surface area contributed by atoms with Crippen molar-refractivity contribution in [1.29, 1.82) is 0 Å². The van der Waals surface area contributed by atoms with Crippen molar-refractivity contribution in [2.75, 3.05) is 6.61 Å². The van der Waals surface area contributed by atoms with Gasteiger partial charge in [-0.15, -0.1) is 0 Å². The molecule has 1 N–H and O–H groups in total. The Morgan fingerprint density at radius 3 is 2.90 bits per heavy atom. The Kier molecular flexibility index (Phi) is 4.26. The highest BCUT2D eigenvalue weighted by Crippen LogP contribution is 2.28. The Hall–Kier alpha value is -1.80. The molecule has 0 amide bonds. The molecule has 0 radical (unpaired) electrons. The van der Waals surface area contributed by atoms with Crippen LogP contribution in [0.2, 0.25) is 0 Å². The van der Waals surface area contributed by atoms with Gasteiger partial charge in [-0.25, -0.2) is 0 Å². The monoisotopic (exact) mass is 282 g/mol. The smallest absolute Gasteiger partial charge is 0.122 e. The van der Waals surface area contributed by atoms with Gasteiger partial charge >= 0.3 is 0 Å². The summed E-state index contributed by atoms with van der Waals surface area (Å²) in [5.41, 5.74) is 4.90. The van der Waals surface area contributed by atoms with Crippen LogP contribution < -0.4 is 4.74 Å². The minimum absolute atomic E-state index is 0.384. The third kappa shape index (κ3) is 3.11. The molecule has 2 aromatic rings. The summed E-state index contributed by atoms with van der Waals surface area (Å²) in [6, 6.07) is 14.6. The van der Waals surface area contributed by atoms with Gasteiger partial charge in [0, 0.05) is 6.42 Å². The first-order valence-electron chi connectivity index (χ1n) is 7.78. The summed E-state index contributed by atoms with van der Waals surface area (Å²) in [4.78, 5) is 0. The summed E-state index contributed by atoms with van der Waals surface area (Å²) in [5, 5.41) is 10.5. The Labute approximate surface area is 126 Å². The molecule has 0 aliphatic carbocycles. The second-order valence-electron chi connectivity index (χ2n) is 5.65. The highest BCUT2D eigenvalue weighted by atomic mass is 16.5. The van der Waals surface area contributed by atoms with Crippen molar-refractivity contribution in [3.8, 4) is 5.75 Å². The molecule has 0 bridgehead atoms. The first kappa shape index (κ1) is 14.2. The molecule has 1 heterocycles. The van der Waals surface area contributed by atoms with Gasteiger partial charge in [-0.05, 0) is 47.6 Å². The van der Waals surface area contributed by atoms with Crippen LogP contribution in [0.4, 0.5) is 0 Å². The number of ether oxygens (including phenoxy) is 1. The average Bonchev–Trinajstić information content (AvgIpc) is 3.00. The molecular weight excluding hydrogens is 260 g/mol. The van der Waals surface area contributed by atoms with Gasteiger partial charge in [-0.2, -0.15) is 0 Å². The van der Waals surface area contributed by atoms with E-state index in [2.05, 4.69) is 31.2 Å². The fraction of sp³-hybridized carbons (Fsp3) is 0.368. The third-order valence-electron chi connectivity index (χ3n) is 4.26. The van der Waals surface area contributed by atoms with Crippen molar-refractivity contribution < 1.29 is 9.84 Å². The molecule has 0 aromatic heterocycles. The van der Waals surface area contributed by atoms with Crippen molar-refractivity contribution in [3.05, 3.63) is 64.7 Å². The Morgan fingerprint density at radius 2 is 2.05 bits per heavy atom. The highest BCUT2D eigenvalue weighted by Gasteiger charge is 2.14. The zero-order valence-corrected chi connectivity index (χ0v) is 12.5. The van der Waals surface area contributed by atoms with Crippen LogP contribution in [-0.4, -0.2) is 11.7 Å². The predicted octanol–water partition coefficient (Wildman–Crippen LogP) is 3.85. The van der Waals surface area contributed by atoms with Crippen molar-refractivity contribution in [1.82, 2.24) is 0 Å². The average molecular weight is 282 g/mol. The molecule has 1 atom stereocenters. The van der Waals surface area contributed by atoms with E-state index in [9.17, 15) is 5.11 Å². The van der Waals surface area contributed by atoms with Gasteiger partial charge in [-0.3, -0.25) is 0 Å². The molecule has 0 saturated heterocycles. The Bertz CT molecular complexity index is 619. The zero-order chi connectivity index (χ0) is 14.7. The molecule has 2 heteroatoms. The maximum Gasteiger partial charge on any atom is 0.122 e. The van der Waals surface area contributed by atoms with E-state index < -0.39 is 0 Å². The number of fused-ring (bicyclic) bond motifs is 1. The SMILES string of the molecule is CCc1ccccc1C(O)CCc1ccc2c(c1)CCO2. The van der Waals surface area contributed by atoms with E-state index in [1.54, 1.807) is 0 Å². The second-order valence-corrected chi connectivity index (χ2v) is 5.65. The first-order chi connectivity index (χ1) is 10.3. The Balaban J connectivity index is 1.67. The minimum Gasteiger partial charge on any atom is -0.493 e. The van der Waals surface area contributed by atoms with E-state index in [0.29, 0.717) is 0 Å². The predicted molar refractivity (Wildman–Crippen MR) is 84.7 cm³/mol. The van der Waals surface area contributed by atoms with Crippen molar-refractivity contribution in [2.24, 2.45) is 0 Å². The molecule has 1 aliphatic rings. The molecule has 21 heavy (non-hydrogen) atoms. The lowest BCUT2D eigenvalue weighted by Gasteiger charge is -2.15. The maximum atomic E-state index is 10.5. The van der Waals surface area contributed by atoms with Gasteiger partial charge in [0.25, 0.3) is 0 Å². The van der Waals surface area contributed by atoms with Crippen molar-refractivity contribution in [2.45, 2.75) is 38.7 Å². The van der Waals surface area contributed by atoms with E-state index in [0.717, 1.165) is 43.6 Å². The van der Waals surface area contributed by atoms with Crippen molar-refractivity contribution >= 4 is 0 Å². The molecule has 1 aliphatic heterocycles. The second kappa shape index (κ2) is 6.31. The molecule has 2 nitrogen and oxygen atoms in total. The number of aliphatic hydroxyl groups excluding tert-OH is 1. The lowest BCUT2D eigenvalue weighted by atomic mass is 9.95. The van der Waals surface area contributed by atoms with E-state index in [1.807, 2.05) is 18.2 Å². The largest absolute Gasteiger partial charge is 0.493 e. The van der Waals surface area contributed by atoms with Crippen LogP contribution in [0, 0.1) is 0 Å². The number of benzene rings is 2. The molecular formula is C19H22O2. The molecule has 1 unspecified atom stereocenters. The van der Waals surface area contributed by atoms with E-state index in [4.69, 9.17) is 4.74 Å². The van der Waals surface area contributed by atoms with Gasteiger partial charge < -0.3 is 9.84 Å². The summed E-state index contributed by atoms with van der Waals surface area (Å²) >= 11 is 0. The number of aryl methyl sites for hydroxylation is 2. The quantitative estimate of drug-likeness (QED) is 0.902. The van der Waals surface area contributed by atoms with Crippen LogP contribution in [0.3, 0.4) is 0 Å². The summed E-state index contributed by atoms with van der Waals surface area (Å²) in [6.07, 6.45) is 3.24. The highest BCUT2D eigenvalue weighted by molar-refractivity contribution is 5.40. The van der Waals surface area contributed by atoms with Gasteiger partial charge in [0.15, 0.2) is 0 Å². The summed E-state index contributed by atoms with van der Waals surface area (Å²) in [7, 11) is 0. The van der Waals surface area contributed by atoms with Crippen LogP contribution in [0.15, 0.2) is 42.5 Å². The van der Waals surface area contributed by atoms with Gasteiger partial charge in [0.2, 0.25) is 0 Å². The summed E-state index contributed by atoms with van der Waals surface area (Å²) in [6.45, 7) is 2.93. The van der Waals surface area contributed by atoms with Gasteiger partial charge in [0.1, 0.15) is 5.75 Å². The normalized spacial score (nSPS) is 14.6. The molecule has 0 spiro atoms. The zero-order valence-electron chi connectivity index (χ0n) is 12.5. The fourth-order valence-electron chi connectivity index (χ4n) is 3.04. The van der Waals surface area contributed by atoms with E-state index in [-0.39, 0.29) is 6.10 Å². The van der Waals surface area contributed by atoms with Crippen LogP contribution >= 0.6 is 0 Å². The van der Waals surface area contributed by atoms with E-state index >= 15 is 0 Å². The molecule has 0 fully saturated rings. The Morgan fingerprint density at radius 1 is 1.19 bits per heavy atom. The van der Waals surface area contributed by atoms with Crippen LogP contribution in [0.1, 0.15) is 41.7 Å². The van der Waals surface area contributed by atoms with Crippen LogP contribution in [0.25, 0.3) is 0 Å².